The van der Waals surface area contributed by atoms with Gasteiger partial charge in [-0.25, -0.2) is 0 Å². The third-order valence-electron chi connectivity index (χ3n) is 8.02. The molecule has 1 saturated carbocycles. The summed E-state index contributed by atoms with van der Waals surface area (Å²) in [5.41, 5.74) is 0.851. The minimum Gasteiger partial charge on any atom is -0.469 e. The number of hydrogen-bond acceptors (Lipinski definition) is 3. The molecule has 2 fully saturated rings. The fourth-order valence-electron chi connectivity index (χ4n) is 5.95. The van der Waals surface area contributed by atoms with E-state index in [0.29, 0.717) is 31.5 Å². The van der Waals surface area contributed by atoms with E-state index >= 15 is 0 Å². The summed E-state index contributed by atoms with van der Waals surface area (Å²) in [5.74, 6) is -0.282. The zero-order chi connectivity index (χ0) is 27.5. The Kier molecular flexibility index (Phi) is 8.75. The first-order chi connectivity index (χ1) is 18.0. The average Bonchev–Trinajstić information content (AvgIpc) is 2.89. The van der Waals surface area contributed by atoms with Crippen molar-refractivity contribution in [1.82, 2.24) is 4.90 Å². The Morgan fingerprint density at radius 3 is 2.13 bits per heavy atom. The smallest absolute Gasteiger partial charge is 0.416 e. The molecule has 0 aromatic heterocycles. The van der Waals surface area contributed by atoms with E-state index in [2.05, 4.69) is 4.90 Å². The van der Waals surface area contributed by atoms with Crippen LogP contribution in [0.15, 0.2) is 42.5 Å². The third-order valence-corrected chi connectivity index (χ3v) is 8.02. The lowest BCUT2D eigenvalue weighted by Gasteiger charge is -2.40. The van der Waals surface area contributed by atoms with Crippen LogP contribution in [-0.2, 0) is 28.4 Å². The molecule has 0 amide bonds. The van der Waals surface area contributed by atoms with Gasteiger partial charge in [0.2, 0.25) is 0 Å². The summed E-state index contributed by atoms with van der Waals surface area (Å²) in [4.78, 5) is 14.1. The lowest BCUT2D eigenvalue weighted by Crippen LogP contribution is -2.37. The van der Waals surface area contributed by atoms with Crippen LogP contribution in [0.25, 0.3) is 0 Å². The van der Waals surface area contributed by atoms with Gasteiger partial charge in [0.05, 0.1) is 18.2 Å². The summed E-state index contributed by atoms with van der Waals surface area (Å²) in [6, 6.07) is 8.76. The Morgan fingerprint density at radius 2 is 1.53 bits per heavy atom. The van der Waals surface area contributed by atoms with Crippen LogP contribution in [0.5, 0.6) is 0 Å². The van der Waals surface area contributed by atoms with Gasteiger partial charge in [-0.1, -0.05) is 37.5 Å². The standard InChI is InChI=1S/C29H33F6NO2/c1-38-27(37)16-19-13-14-36(26(15-19)21-7-10-23(11-8-21)28(30,31)32)18-22-9-12-24(29(33,34)35)17-25(22)20-5-3-2-4-6-20/h7-12,17,19-20,26H,2-6,13-16,18H2,1H3/t19-,26-/m0/s1. The van der Waals surface area contributed by atoms with Crippen LogP contribution in [0.4, 0.5) is 26.3 Å². The molecule has 0 radical (unpaired) electrons. The average molecular weight is 542 g/mol. The number of nitrogens with zero attached hydrogens (tertiary/aromatic N) is 1. The van der Waals surface area contributed by atoms with E-state index in [4.69, 9.17) is 4.74 Å². The fourth-order valence-corrected chi connectivity index (χ4v) is 5.95. The van der Waals surface area contributed by atoms with E-state index in [-0.39, 0.29) is 30.3 Å². The van der Waals surface area contributed by atoms with Crippen molar-refractivity contribution in [3.63, 3.8) is 0 Å². The third kappa shape index (κ3) is 6.90. The number of ether oxygens (including phenoxy) is 1. The minimum atomic E-state index is -4.45. The maximum absolute atomic E-state index is 13.6. The molecule has 9 heteroatoms. The number of alkyl halides is 6. The number of halogens is 6. The van der Waals surface area contributed by atoms with Crippen molar-refractivity contribution in [1.29, 1.82) is 0 Å². The number of piperidine rings is 1. The second-order valence-corrected chi connectivity index (χ2v) is 10.5. The zero-order valence-electron chi connectivity index (χ0n) is 21.4. The van der Waals surface area contributed by atoms with Gasteiger partial charge in [0.25, 0.3) is 0 Å². The van der Waals surface area contributed by atoms with E-state index < -0.39 is 23.5 Å². The van der Waals surface area contributed by atoms with Crippen LogP contribution in [0.3, 0.4) is 0 Å². The number of rotatable bonds is 6. The molecule has 3 nitrogen and oxygen atoms in total. The van der Waals surface area contributed by atoms with Crippen LogP contribution in [0.1, 0.15) is 91.1 Å². The topological polar surface area (TPSA) is 29.5 Å². The molecule has 38 heavy (non-hydrogen) atoms. The predicted octanol–water partition coefficient (Wildman–Crippen LogP) is 8.29. The van der Waals surface area contributed by atoms with Gasteiger partial charge in [0.1, 0.15) is 0 Å². The number of carbonyl (C=O) groups excluding carboxylic acids is 1. The molecule has 2 aromatic carbocycles. The first-order valence-electron chi connectivity index (χ1n) is 13.1. The van der Waals surface area contributed by atoms with Crippen molar-refractivity contribution in [2.75, 3.05) is 13.7 Å². The zero-order valence-corrected chi connectivity index (χ0v) is 21.4. The van der Waals surface area contributed by atoms with Crippen LogP contribution < -0.4 is 0 Å². The number of hydrogen-bond donors (Lipinski definition) is 0. The molecule has 1 aliphatic heterocycles. The monoisotopic (exact) mass is 541 g/mol. The molecule has 2 atom stereocenters. The Balaban J connectivity index is 1.65. The summed E-state index contributed by atoms with van der Waals surface area (Å²) in [7, 11) is 1.32. The van der Waals surface area contributed by atoms with Crippen molar-refractivity contribution >= 4 is 5.97 Å². The van der Waals surface area contributed by atoms with Gasteiger partial charge < -0.3 is 4.74 Å². The Labute approximate surface area is 219 Å². The van der Waals surface area contributed by atoms with Crippen LogP contribution in [-0.4, -0.2) is 24.5 Å². The predicted molar refractivity (Wildman–Crippen MR) is 131 cm³/mol. The Hall–Kier alpha value is -2.55. The summed E-state index contributed by atoms with van der Waals surface area (Å²) in [6.45, 7) is 0.957. The minimum absolute atomic E-state index is 0.00332. The van der Waals surface area contributed by atoms with Crippen LogP contribution in [0.2, 0.25) is 0 Å². The largest absolute Gasteiger partial charge is 0.469 e. The highest BCUT2D eigenvalue weighted by Gasteiger charge is 2.35. The number of esters is 1. The molecule has 0 unspecified atom stereocenters. The molecule has 208 valence electrons. The van der Waals surface area contributed by atoms with Crippen molar-refractivity contribution in [3.8, 4) is 0 Å². The molecular weight excluding hydrogens is 508 g/mol. The highest BCUT2D eigenvalue weighted by Crippen LogP contribution is 2.42. The SMILES string of the molecule is COC(=O)C[C@H]1CCN(Cc2ccc(C(F)(F)F)cc2C2CCCCC2)[C@H](c2ccc(C(F)(F)F)cc2)C1. The van der Waals surface area contributed by atoms with E-state index in [1.54, 1.807) is 6.07 Å². The number of likely N-dealkylation sites (tertiary alicyclic amines) is 1. The summed E-state index contributed by atoms with van der Waals surface area (Å²) in [5, 5.41) is 0. The lowest BCUT2D eigenvalue weighted by atomic mass is 9.80. The molecule has 2 aromatic rings. The van der Waals surface area contributed by atoms with Gasteiger partial charge in [-0.3, -0.25) is 9.69 Å². The van der Waals surface area contributed by atoms with Crippen LogP contribution in [0, 0.1) is 5.92 Å². The molecule has 2 aliphatic rings. The molecule has 1 heterocycles. The Morgan fingerprint density at radius 1 is 0.895 bits per heavy atom. The van der Waals surface area contributed by atoms with E-state index in [1.165, 1.54) is 25.3 Å². The molecule has 4 rings (SSSR count). The lowest BCUT2D eigenvalue weighted by molar-refractivity contribution is -0.142. The molecular formula is C29H33F6NO2. The normalized spacial score (nSPS) is 21.9. The maximum Gasteiger partial charge on any atom is 0.416 e. The van der Waals surface area contributed by atoms with Gasteiger partial charge >= 0.3 is 18.3 Å². The molecule has 1 saturated heterocycles. The van der Waals surface area contributed by atoms with Crippen molar-refractivity contribution in [3.05, 3.63) is 70.3 Å². The highest BCUT2D eigenvalue weighted by atomic mass is 19.4. The number of methoxy groups -OCH3 is 1. The second kappa shape index (κ2) is 11.7. The first-order valence-corrected chi connectivity index (χ1v) is 13.1. The van der Waals surface area contributed by atoms with Gasteiger partial charge in [0, 0.05) is 19.0 Å². The van der Waals surface area contributed by atoms with Crippen molar-refractivity contribution in [2.24, 2.45) is 5.92 Å². The molecule has 0 bridgehead atoms. The maximum atomic E-state index is 13.6. The van der Waals surface area contributed by atoms with Gasteiger partial charge in [-0.05, 0) is 85.0 Å². The second-order valence-electron chi connectivity index (χ2n) is 10.5. The van der Waals surface area contributed by atoms with E-state index in [0.717, 1.165) is 61.4 Å². The highest BCUT2D eigenvalue weighted by molar-refractivity contribution is 5.69. The van der Waals surface area contributed by atoms with Crippen molar-refractivity contribution in [2.45, 2.75) is 82.2 Å². The summed E-state index contributed by atoms with van der Waals surface area (Å²) < 4.78 is 85.0. The van der Waals surface area contributed by atoms with Gasteiger partial charge in [-0.2, -0.15) is 26.3 Å². The Bertz CT molecular complexity index is 1090. The van der Waals surface area contributed by atoms with Crippen molar-refractivity contribution < 1.29 is 35.9 Å². The molecule has 0 N–H and O–H groups in total. The van der Waals surface area contributed by atoms with E-state index in [9.17, 15) is 31.1 Å². The van der Waals surface area contributed by atoms with Gasteiger partial charge in [0.15, 0.2) is 0 Å². The number of carbonyl (C=O) groups is 1. The molecule has 1 aliphatic carbocycles. The fraction of sp³-hybridized carbons (Fsp3) is 0.552. The number of benzene rings is 2. The first kappa shape index (κ1) is 28.5. The quantitative estimate of drug-likeness (QED) is 0.272. The summed E-state index contributed by atoms with van der Waals surface area (Å²) in [6.07, 6.45) is -2.71. The molecule has 0 spiro atoms. The van der Waals surface area contributed by atoms with Crippen LogP contribution >= 0.6 is 0 Å². The van der Waals surface area contributed by atoms with E-state index in [1.807, 2.05) is 0 Å². The van der Waals surface area contributed by atoms with Gasteiger partial charge in [-0.15, -0.1) is 0 Å². The summed E-state index contributed by atoms with van der Waals surface area (Å²) >= 11 is 0.